The summed E-state index contributed by atoms with van der Waals surface area (Å²) in [6.07, 6.45) is 1.60. The molecule has 1 unspecified atom stereocenters. The summed E-state index contributed by atoms with van der Waals surface area (Å²) >= 11 is 0. The fourth-order valence-electron chi connectivity index (χ4n) is 4.34. The first-order valence-electron chi connectivity index (χ1n) is 9.59. The normalized spacial score (nSPS) is 18.9. The number of methoxy groups -OCH3 is 2. The minimum absolute atomic E-state index is 0.116. The second-order valence-corrected chi connectivity index (χ2v) is 7.56. The van der Waals surface area contributed by atoms with Gasteiger partial charge in [-0.25, -0.2) is 0 Å². The van der Waals surface area contributed by atoms with Crippen LogP contribution in [-0.4, -0.2) is 44.6 Å². The van der Waals surface area contributed by atoms with Crippen LogP contribution in [0.25, 0.3) is 0 Å². The number of aromatic hydroxyl groups is 1. The number of nitrogens with zero attached hydrogens (tertiary/aromatic N) is 1. The molecule has 6 nitrogen and oxygen atoms in total. The Morgan fingerprint density at radius 2 is 1.96 bits per heavy atom. The third-order valence-electron chi connectivity index (χ3n) is 5.72. The van der Waals surface area contributed by atoms with Gasteiger partial charge in [-0.15, -0.1) is 0 Å². The van der Waals surface area contributed by atoms with Crippen LogP contribution in [0.15, 0.2) is 18.2 Å². The van der Waals surface area contributed by atoms with Crippen molar-refractivity contribution >= 4 is 0 Å². The average Bonchev–Trinajstić information content (AvgIpc) is 3.15. The van der Waals surface area contributed by atoms with Crippen LogP contribution >= 0.6 is 0 Å². The van der Waals surface area contributed by atoms with Crippen LogP contribution in [0.3, 0.4) is 0 Å². The first-order chi connectivity index (χ1) is 13.5. The van der Waals surface area contributed by atoms with Crippen molar-refractivity contribution in [1.82, 2.24) is 4.90 Å². The molecule has 4 rings (SSSR count). The summed E-state index contributed by atoms with van der Waals surface area (Å²) < 4.78 is 22.2. The molecular weight excluding hydrogens is 358 g/mol. The lowest BCUT2D eigenvalue weighted by molar-refractivity contribution is 0.171. The number of likely N-dealkylation sites (N-methyl/N-ethyl adjacent to an activating group) is 1. The molecule has 1 atom stereocenters. The average molecular weight is 385 g/mol. The van der Waals surface area contributed by atoms with Crippen LogP contribution < -0.4 is 18.9 Å². The van der Waals surface area contributed by atoms with Gasteiger partial charge in [0.2, 0.25) is 12.5 Å². The predicted molar refractivity (Wildman–Crippen MR) is 106 cm³/mol. The highest BCUT2D eigenvalue weighted by atomic mass is 16.7. The molecule has 0 spiro atoms. The molecular formula is C22H27NO5. The molecule has 1 N–H and O–H groups in total. The zero-order chi connectivity index (χ0) is 19.8. The molecule has 0 amide bonds. The number of fused-ring (bicyclic) bond motifs is 3. The van der Waals surface area contributed by atoms with Crippen LogP contribution in [0, 0.1) is 0 Å². The van der Waals surface area contributed by atoms with E-state index in [1.165, 1.54) is 5.56 Å². The van der Waals surface area contributed by atoms with Crippen molar-refractivity contribution in [2.75, 3.05) is 34.6 Å². The van der Waals surface area contributed by atoms with Gasteiger partial charge in [-0.1, -0.05) is 13.0 Å². The molecule has 2 aromatic rings. The lowest BCUT2D eigenvalue weighted by atomic mass is 9.85. The number of rotatable bonds is 2. The molecule has 0 bridgehead atoms. The van der Waals surface area contributed by atoms with Crippen LogP contribution in [0.1, 0.15) is 35.1 Å². The zero-order valence-corrected chi connectivity index (χ0v) is 16.9. The maximum Gasteiger partial charge on any atom is 0.231 e. The molecule has 0 radical (unpaired) electrons. The van der Waals surface area contributed by atoms with Gasteiger partial charge >= 0.3 is 0 Å². The van der Waals surface area contributed by atoms with Crippen molar-refractivity contribution in [3.8, 4) is 28.7 Å². The van der Waals surface area contributed by atoms with Gasteiger partial charge in [-0.3, -0.25) is 0 Å². The van der Waals surface area contributed by atoms with E-state index in [1.807, 2.05) is 12.1 Å². The van der Waals surface area contributed by atoms with Gasteiger partial charge < -0.3 is 29.0 Å². The van der Waals surface area contributed by atoms with Gasteiger partial charge in [-0.05, 0) is 49.1 Å². The van der Waals surface area contributed by atoms with Gasteiger partial charge in [0.25, 0.3) is 0 Å². The number of phenolic OH excluding ortho intramolecular Hbond substituents is 1. The van der Waals surface area contributed by atoms with E-state index in [2.05, 4.69) is 24.9 Å². The molecule has 0 fully saturated rings. The summed E-state index contributed by atoms with van der Waals surface area (Å²) in [5.74, 6) is 2.95. The lowest BCUT2D eigenvalue weighted by Gasteiger charge is -2.27. The Balaban J connectivity index is 1.83. The van der Waals surface area contributed by atoms with Gasteiger partial charge in [0.15, 0.2) is 23.0 Å². The van der Waals surface area contributed by atoms with Crippen LogP contribution in [0.2, 0.25) is 0 Å². The van der Waals surface area contributed by atoms with Gasteiger partial charge in [0.1, 0.15) is 0 Å². The van der Waals surface area contributed by atoms with Crippen LogP contribution in [0.4, 0.5) is 0 Å². The van der Waals surface area contributed by atoms with Crippen LogP contribution in [0.5, 0.6) is 28.7 Å². The molecule has 2 aliphatic heterocycles. The predicted octanol–water partition coefficient (Wildman–Crippen LogP) is 3.47. The minimum Gasteiger partial charge on any atom is -0.504 e. The largest absolute Gasteiger partial charge is 0.504 e. The van der Waals surface area contributed by atoms with E-state index in [9.17, 15) is 5.11 Å². The Bertz CT molecular complexity index is 895. The molecule has 2 aromatic carbocycles. The van der Waals surface area contributed by atoms with Crippen molar-refractivity contribution in [3.05, 3.63) is 40.5 Å². The third-order valence-corrected chi connectivity index (χ3v) is 5.72. The Kier molecular flexibility index (Phi) is 4.98. The minimum atomic E-state index is 0.116. The van der Waals surface area contributed by atoms with Crippen molar-refractivity contribution < 1.29 is 24.1 Å². The molecule has 28 heavy (non-hydrogen) atoms. The first kappa shape index (κ1) is 18.7. The maximum atomic E-state index is 10.9. The first-order valence-corrected chi connectivity index (χ1v) is 9.59. The SMILES string of the molecule is COc1ccc2c(c1OC)CN(C)CCc1cc3c(c(O)c1C(C)C2)OCO3. The molecule has 2 heterocycles. The highest BCUT2D eigenvalue weighted by Gasteiger charge is 2.29. The zero-order valence-electron chi connectivity index (χ0n) is 16.9. The van der Waals surface area contributed by atoms with Crippen molar-refractivity contribution in [3.63, 3.8) is 0 Å². The Hall–Kier alpha value is -2.60. The summed E-state index contributed by atoms with van der Waals surface area (Å²) in [5, 5.41) is 10.9. The van der Waals surface area contributed by atoms with E-state index in [4.69, 9.17) is 18.9 Å². The second kappa shape index (κ2) is 7.43. The lowest BCUT2D eigenvalue weighted by Crippen LogP contribution is -2.24. The number of benzene rings is 2. The molecule has 0 aliphatic carbocycles. The molecule has 0 saturated heterocycles. The van der Waals surface area contributed by atoms with Crippen molar-refractivity contribution in [2.24, 2.45) is 0 Å². The Morgan fingerprint density at radius 1 is 1.14 bits per heavy atom. The van der Waals surface area contributed by atoms with Crippen molar-refractivity contribution in [2.45, 2.75) is 32.2 Å². The van der Waals surface area contributed by atoms with Gasteiger partial charge in [-0.2, -0.15) is 0 Å². The summed E-state index contributed by atoms with van der Waals surface area (Å²) in [6.45, 7) is 3.92. The monoisotopic (exact) mass is 385 g/mol. The number of hydrogen-bond donors (Lipinski definition) is 1. The maximum absolute atomic E-state index is 10.9. The van der Waals surface area contributed by atoms with Gasteiger partial charge in [0.05, 0.1) is 14.2 Å². The molecule has 150 valence electrons. The summed E-state index contributed by atoms with van der Waals surface area (Å²) in [6, 6.07) is 6.09. The fourth-order valence-corrected chi connectivity index (χ4v) is 4.34. The Morgan fingerprint density at radius 3 is 2.71 bits per heavy atom. The van der Waals surface area contributed by atoms with Crippen molar-refractivity contribution in [1.29, 1.82) is 0 Å². The molecule has 0 aromatic heterocycles. The topological polar surface area (TPSA) is 60.4 Å². The number of hydrogen-bond acceptors (Lipinski definition) is 6. The fraction of sp³-hybridized carbons (Fsp3) is 0.455. The summed E-state index contributed by atoms with van der Waals surface area (Å²) in [5.41, 5.74) is 4.40. The number of phenols is 1. The molecule has 2 aliphatic rings. The smallest absolute Gasteiger partial charge is 0.231 e. The Labute approximate surface area is 165 Å². The van der Waals surface area contributed by atoms with E-state index >= 15 is 0 Å². The van der Waals surface area contributed by atoms with E-state index in [0.717, 1.165) is 54.1 Å². The second-order valence-electron chi connectivity index (χ2n) is 7.56. The van der Waals surface area contributed by atoms with E-state index in [1.54, 1.807) is 14.2 Å². The highest BCUT2D eigenvalue weighted by Crippen LogP contribution is 2.48. The van der Waals surface area contributed by atoms with E-state index in [0.29, 0.717) is 11.5 Å². The van der Waals surface area contributed by atoms with E-state index < -0.39 is 0 Å². The highest BCUT2D eigenvalue weighted by molar-refractivity contribution is 5.61. The van der Waals surface area contributed by atoms with E-state index in [-0.39, 0.29) is 18.5 Å². The van der Waals surface area contributed by atoms with Crippen LogP contribution in [-0.2, 0) is 19.4 Å². The summed E-state index contributed by atoms with van der Waals surface area (Å²) in [7, 11) is 5.44. The molecule has 0 saturated carbocycles. The molecule has 6 heteroatoms. The number of ether oxygens (including phenoxy) is 4. The summed E-state index contributed by atoms with van der Waals surface area (Å²) in [4.78, 5) is 2.27. The standard InChI is InChI=1S/C22H27NO5/c1-13-9-14-5-6-17(25-3)21(26-4)16(14)11-23(2)8-7-15-10-18-22(28-12-27-18)20(24)19(13)15/h5-6,10,13,24H,7-9,11-12H2,1-4H3. The quantitative estimate of drug-likeness (QED) is 0.854. The van der Waals surface area contributed by atoms with Gasteiger partial charge in [0, 0.05) is 24.2 Å². The third kappa shape index (κ3) is 3.11.